The first kappa shape index (κ1) is 21.5. The van der Waals surface area contributed by atoms with Crippen LogP contribution in [0.2, 0.25) is 5.02 Å². The summed E-state index contributed by atoms with van der Waals surface area (Å²) in [5.41, 5.74) is 1.21. The van der Waals surface area contributed by atoms with Gasteiger partial charge in [-0.05, 0) is 42.5 Å². The van der Waals surface area contributed by atoms with E-state index in [1.54, 1.807) is 43.3 Å². The molecule has 0 aromatic heterocycles. The van der Waals surface area contributed by atoms with Gasteiger partial charge in [0.05, 0.1) is 24.9 Å². The van der Waals surface area contributed by atoms with Gasteiger partial charge >= 0.3 is 0 Å². The predicted octanol–water partition coefficient (Wildman–Crippen LogP) is 3.83. The Balaban J connectivity index is 2.16. The Kier molecular flexibility index (Phi) is 7.60. The molecule has 0 aliphatic rings. The molecule has 2 rings (SSSR count). The second kappa shape index (κ2) is 9.91. The fourth-order valence-corrected chi connectivity index (χ4v) is 2.71. The molecule has 0 radical (unpaired) electrons. The maximum absolute atomic E-state index is 12.7. The van der Waals surface area contributed by atoms with Crippen molar-refractivity contribution >= 4 is 52.1 Å². The topological polar surface area (TPSA) is 88.7 Å². The van der Waals surface area contributed by atoms with Gasteiger partial charge in [0, 0.05) is 12.1 Å². The molecule has 0 unspecified atom stereocenters. The number of halogens is 1. The molecule has 0 spiro atoms. The molecule has 0 saturated heterocycles. The Hall–Kier alpha value is -2.84. The van der Waals surface area contributed by atoms with E-state index in [1.165, 1.54) is 14.2 Å². The van der Waals surface area contributed by atoms with Crippen LogP contribution in [0.15, 0.2) is 36.4 Å². The summed E-state index contributed by atoms with van der Waals surface area (Å²) in [5.74, 6) is 0.0645. The Bertz CT molecular complexity index is 882. The molecule has 9 heteroatoms. The Morgan fingerprint density at radius 3 is 2.29 bits per heavy atom. The van der Waals surface area contributed by atoms with Crippen LogP contribution in [0.25, 0.3) is 0 Å². The lowest BCUT2D eigenvalue weighted by molar-refractivity contribution is -0.115. The highest BCUT2D eigenvalue weighted by atomic mass is 35.5. The summed E-state index contributed by atoms with van der Waals surface area (Å²) in [5, 5.41) is 8.55. The van der Waals surface area contributed by atoms with Gasteiger partial charge in [0.1, 0.15) is 17.1 Å². The third-order valence-corrected chi connectivity index (χ3v) is 4.24. The van der Waals surface area contributed by atoms with Crippen LogP contribution in [-0.2, 0) is 4.79 Å². The van der Waals surface area contributed by atoms with Crippen molar-refractivity contribution < 1.29 is 19.1 Å². The van der Waals surface area contributed by atoms with Crippen molar-refractivity contribution in [3.8, 4) is 11.5 Å². The standard InChI is InChI=1S/C19H20ClN3O4S/c1-4-16(24)21-11-8-9-12(20)13(10-11)22-19(28)23-18(25)17-14(26-2)6-5-7-15(17)27-3/h5-10H,4H2,1-3H3,(H,21,24)(H2,22,23,25,28). The molecule has 2 amide bonds. The molecule has 0 heterocycles. The first-order valence-electron chi connectivity index (χ1n) is 8.32. The molecular formula is C19H20ClN3O4S. The number of hydrogen-bond acceptors (Lipinski definition) is 5. The number of carbonyl (C=O) groups excluding carboxylic acids is 2. The predicted molar refractivity (Wildman–Crippen MR) is 114 cm³/mol. The van der Waals surface area contributed by atoms with E-state index in [2.05, 4.69) is 16.0 Å². The highest BCUT2D eigenvalue weighted by Crippen LogP contribution is 2.28. The number of methoxy groups -OCH3 is 2. The van der Waals surface area contributed by atoms with Crippen LogP contribution in [0.4, 0.5) is 11.4 Å². The highest BCUT2D eigenvalue weighted by Gasteiger charge is 2.19. The minimum Gasteiger partial charge on any atom is -0.496 e. The summed E-state index contributed by atoms with van der Waals surface area (Å²) >= 11 is 11.4. The second-order valence-electron chi connectivity index (χ2n) is 5.54. The first-order valence-corrected chi connectivity index (χ1v) is 9.11. The molecule has 2 aromatic carbocycles. The van der Waals surface area contributed by atoms with E-state index < -0.39 is 5.91 Å². The number of benzene rings is 2. The molecule has 0 atom stereocenters. The van der Waals surface area contributed by atoms with Crippen molar-refractivity contribution in [2.45, 2.75) is 13.3 Å². The summed E-state index contributed by atoms with van der Waals surface area (Å²) < 4.78 is 10.5. The molecule has 0 aliphatic carbocycles. The molecule has 0 aliphatic heterocycles. The van der Waals surface area contributed by atoms with Crippen LogP contribution < -0.4 is 25.4 Å². The smallest absolute Gasteiger partial charge is 0.264 e. The molecule has 0 fully saturated rings. The van der Waals surface area contributed by atoms with Gasteiger partial charge in [-0.2, -0.15) is 0 Å². The quantitative estimate of drug-likeness (QED) is 0.614. The monoisotopic (exact) mass is 421 g/mol. The number of thiocarbonyl (C=S) groups is 1. The van der Waals surface area contributed by atoms with E-state index >= 15 is 0 Å². The number of rotatable bonds is 6. The maximum atomic E-state index is 12.7. The zero-order valence-electron chi connectivity index (χ0n) is 15.6. The van der Waals surface area contributed by atoms with Gasteiger partial charge in [0.15, 0.2) is 5.11 Å². The molecule has 28 heavy (non-hydrogen) atoms. The molecule has 0 saturated carbocycles. The van der Waals surface area contributed by atoms with Crippen LogP contribution in [-0.4, -0.2) is 31.1 Å². The second-order valence-corrected chi connectivity index (χ2v) is 6.36. The molecule has 2 aromatic rings. The number of ether oxygens (including phenoxy) is 2. The largest absolute Gasteiger partial charge is 0.496 e. The van der Waals surface area contributed by atoms with Crippen LogP contribution in [0.1, 0.15) is 23.7 Å². The highest BCUT2D eigenvalue weighted by molar-refractivity contribution is 7.80. The zero-order valence-corrected chi connectivity index (χ0v) is 17.2. The number of hydrogen-bond donors (Lipinski definition) is 3. The Labute approximate surface area is 173 Å². The minimum absolute atomic E-state index is 0.0267. The van der Waals surface area contributed by atoms with Crippen molar-refractivity contribution in [3.63, 3.8) is 0 Å². The van der Waals surface area contributed by atoms with Crippen molar-refractivity contribution in [2.75, 3.05) is 24.9 Å². The van der Waals surface area contributed by atoms with Gasteiger partial charge < -0.3 is 20.1 Å². The van der Waals surface area contributed by atoms with Gasteiger partial charge in [0.2, 0.25) is 5.91 Å². The normalized spacial score (nSPS) is 10.0. The third-order valence-electron chi connectivity index (χ3n) is 3.70. The number of nitrogens with one attached hydrogen (secondary N) is 3. The average molecular weight is 422 g/mol. The fraction of sp³-hybridized carbons (Fsp3) is 0.211. The fourth-order valence-electron chi connectivity index (χ4n) is 2.34. The maximum Gasteiger partial charge on any atom is 0.264 e. The summed E-state index contributed by atoms with van der Waals surface area (Å²) in [6, 6.07) is 9.90. The van der Waals surface area contributed by atoms with Crippen molar-refractivity contribution in [1.82, 2.24) is 5.32 Å². The van der Waals surface area contributed by atoms with Crippen LogP contribution in [0, 0.1) is 0 Å². The average Bonchev–Trinajstić information content (AvgIpc) is 2.69. The van der Waals surface area contributed by atoms with Gasteiger partial charge in [-0.25, -0.2) is 0 Å². The molecule has 0 bridgehead atoms. The molecule has 7 nitrogen and oxygen atoms in total. The van der Waals surface area contributed by atoms with Crippen molar-refractivity contribution in [1.29, 1.82) is 0 Å². The van der Waals surface area contributed by atoms with Crippen LogP contribution in [0.5, 0.6) is 11.5 Å². The Morgan fingerprint density at radius 1 is 1.07 bits per heavy atom. The van der Waals surface area contributed by atoms with E-state index in [1.807, 2.05) is 0 Å². The molecule has 148 valence electrons. The SMILES string of the molecule is CCC(=O)Nc1ccc(Cl)c(NC(=S)NC(=O)c2c(OC)cccc2OC)c1. The van der Waals surface area contributed by atoms with Gasteiger partial charge in [0.25, 0.3) is 5.91 Å². The third kappa shape index (κ3) is 5.34. The number of carbonyl (C=O) groups is 2. The summed E-state index contributed by atoms with van der Waals surface area (Å²) in [7, 11) is 2.91. The van der Waals surface area contributed by atoms with E-state index in [0.29, 0.717) is 34.3 Å². The van der Waals surface area contributed by atoms with Crippen LogP contribution >= 0.6 is 23.8 Å². The van der Waals surface area contributed by atoms with Gasteiger partial charge in [-0.15, -0.1) is 0 Å². The van der Waals surface area contributed by atoms with E-state index in [0.717, 1.165) is 0 Å². The minimum atomic E-state index is -0.502. The lowest BCUT2D eigenvalue weighted by Gasteiger charge is -2.15. The van der Waals surface area contributed by atoms with Gasteiger partial charge in [-0.3, -0.25) is 14.9 Å². The molecule has 3 N–H and O–H groups in total. The van der Waals surface area contributed by atoms with E-state index in [4.69, 9.17) is 33.3 Å². The zero-order chi connectivity index (χ0) is 20.7. The number of anilines is 2. The number of amides is 2. The summed E-state index contributed by atoms with van der Waals surface area (Å²) in [6.45, 7) is 1.75. The van der Waals surface area contributed by atoms with Crippen LogP contribution in [0.3, 0.4) is 0 Å². The summed E-state index contributed by atoms with van der Waals surface area (Å²) in [6.07, 6.45) is 0.348. The first-order chi connectivity index (χ1) is 13.4. The van der Waals surface area contributed by atoms with Gasteiger partial charge in [-0.1, -0.05) is 24.6 Å². The Morgan fingerprint density at radius 2 is 1.71 bits per heavy atom. The lowest BCUT2D eigenvalue weighted by Crippen LogP contribution is -2.34. The lowest BCUT2D eigenvalue weighted by atomic mass is 10.1. The van der Waals surface area contributed by atoms with Crippen molar-refractivity contribution in [3.05, 3.63) is 47.0 Å². The van der Waals surface area contributed by atoms with E-state index in [9.17, 15) is 9.59 Å². The summed E-state index contributed by atoms with van der Waals surface area (Å²) in [4.78, 5) is 24.2. The van der Waals surface area contributed by atoms with E-state index in [-0.39, 0.29) is 16.6 Å². The molecular weight excluding hydrogens is 402 g/mol. The van der Waals surface area contributed by atoms with Crippen molar-refractivity contribution in [2.24, 2.45) is 0 Å².